The number of fused-ring (bicyclic) bond motifs is 5. The van der Waals surface area contributed by atoms with Gasteiger partial charge in [0.25, 0.3) is 0 Å². The summed E-state index contributed by atoms with van der Waals surface area (Å²) in [6.07, 6.45) is 8.53. The Kier molecular flexibility index (Phi) is 6.07. The third kappa shape index (κ3) is 3.36. The van der Waals surface area contributed by atoms with Crippen molar-refractivity contribution in [2.24, 2.45) is 52.3 Å². The van der Waals surface area contributed by atoms with Crippen molar-refractivity contribution < 1.29 is 19.7 Å². The molecule has 4 heteroatoms. The van der Waals surface area contributed by atoms with Crippen LogP contribution in [0.3, 0.4) is 0 Å². The highest BCUT2D eigenvalue weighted by Crippen LogP contribution is 2.68. The van der Waals surface area contributed by atoms with Gasteiger partial charge in [0.15, 0.2) is 0 Å². The number of ether oxygens (including phenoxy) is 1. The largest absolute Gasteiger partial charge is 0.469 e. The zero-order valence-electron chi connectivity index (χ0n) is 19.8. The predicted molar refractivity (Wildman–Crippen MR) is 118 cm³/mol. The maximum absolute atomic E-state index is 11.7. The van der Waals surface area contributed by atoms with Crippen molar-refractivity contribution in [3.8, 4) is 0 Å². The van der Waals surface area contributed by atoms with Gasteiger partial charge in [0.2, 0.25) is 0 Å². The normalized spacial score (nSPS) is 51.4. The quantitative estimate of drug-likeness (QED) is 0.640. The molecule has 0 aromatic heterocycles. The number of esters is 1. The molecular weight excluding hydrogens is 376 g/mol. The molecule has 0 heterocycles. The molecule has 6 unspecified atom stereocenters. The molecule has 0 aromatic carbocycles. The molecule has 0 amide bonds. The molecule has 4 nitrogen and oxygen atoms in total. The Labute approximate surface area is 183 Å². The molecule has 2 N–H and O–H groups in total. The lowest BCUT2D eigenvalue weighted by molar-refractivity contribution is -0.203. The van der Waals surface area contributed by atoms with E-state index in [9.17, 15) is 15.0 Å². The van der Waals surface area contributed by atoms with E-state index < -0.39 is 0 Å². The number of hydrogen-bond acceptors (Lipinski definition) is 4. The van der Waals surface area contributed by atoms with Crippen molar-refractivity contribution in [3.05, 3.63) is 0 Å². The van der Waals surface area contributed by atoms with E-state index in [4.69, 9.17) is 4.74 Å². The van der Waals surface area contributed by atoms with Gasteiger partial charge in [-0.15, -0.1) is 0 Å². The summed E-state index contributed by atoms with van der Waals surface area (Å²) in [4.78, 5) is 11.7. The Morgan fingerprint density at radius 3 is 2.53 bits per heavy atom. The van der Waals surface area contributed by atoms with Crippen LogP contribution < -0.4 is 0 Å². The van der Waals surface area contributed by atoms with Gasteiger partial charge >= 0.3 is 5.97 Å². The third-order valence-corrected chi connectivity index (χ3v) is 10.8. The first-order chi connectivity index (χ1) is 14.1. The van der Waals surface area contributed by atoms with Gasteiger partial charge in [-0.1, -0.05) is 34.1 Å². The number of carbonyl (C=O) groups is 1. The summed E-state index contributed by atoms with van der Waals surface area (Å²) in [5.41, 5.74) is 0.121. The summed E-state index contributed by atoms with van der Waals surface area (Å²) in [7, 11) is 1.45. The second-order valence-electron chi connectivity index (χ2n) is 12.1. The summed E-state index contributed by atoms with van der Waals surface area (Å²) in [5.74, 6) is 3.17. The van der Waals surface area contributed by atoms with Crippen LogP contribution in [0, 0.1) is 52.3 Å². The Morgan fingerprint density at radius 1 is 1.10 bits per heavy atom. The second kappa shape index (κ2) is 8.06. The highest BCUT2D eigenvalue weighted by Gasteiger charge is 2.65. The first kappa shape index (κ1) is 22.6. The van der Waals surface area contributed by atoms with Crippen molar-refractivity contribution in [1.29, 1.82) is 0 Å². The van der Waals surface area contributed by atoms with E-state index in [-0.39, 0.29) is 29.0 Å². The van der Waals surface area contributed by atoms with E-state index in [2.05, 4.69) is 27.7 Å². The minimum absolute atomic E-state index is 0.140. The van der Waals surface area contributed by atoms with Crippen LogP contribution in [-0.4, -0.2) is 35.5 Å². The number of carbonyl (C=O) groups excluding carboxylic acids is 1. The molecule has 0 spiro atoms. The molecule has 0 aliphatic heterocycles. The van der Waals surface area contributed by atoms with Crippen LogP contribution in [0.5, 0.6) is 0 Å². The van der Waals surface area contributed by atoms with Crippen LogP contribution in [0.2, 0.25) is 0 Å². The number of rotatable bonds is 4. The van der Waals surface area contributed by atoms with E-state index in [1.54, 1.807) is 0 Å². The molecule has 0 radical (unpaired) electrons. The van der Waals surface area contributed by atoms with Crippen LogP contribution in [0.1, 0.15) is 85.5 Å². The number of hydrogen-bond donors (Lipinski definition) is 2. The fraction of sp³-hybridized carbons (Fsp3) is 0.962. The van der Waals surface area contributed by atoms with Crippen molar-refractivity contribution in [1.82, 2.24) is 0 Å². The molecule has 0 bridgehead atoms. The Bertz CT molecular complexity index is 649. The molecule has 4 saturated carbocycles. The van der Waals surface area contributed by atoms with Gasteiger partial charge in [0, 0.05) is 6.42 Å². The summed E-state index contributed by atoms with van der Waals surface area (Å²) in [6, 6.07) is 0. The van der Waals surface area contributed by atoms with Gasteiger partial charge in [-0.2, -0.15) is 0 Å². The minimum atomic E-state index is -0.307. The predicted octanol–water partition coefficient (Wildman–Crippen LogP) is 4.81. The van der Waals surface area contributed by atoms with E-state index in [0.29, 0.717) is 41.9 Å². The van der Waals surface area contributed by atoms with Gasteiger partial charge < -0.3 is 14.9 Å². The van der Waals surface area contributed by atoms with Crippen molar-refractivity contribution in [2.45, 2.75) is 97.7 Å². The summed E-state index contributed by atoms with van der Waals surface area (Å²) in [6.45, 7) is 9.39. The highest BCUT2D eigenvalue weighted by atomic mass is 16.5. The molecule has 4 aliphatic carbocycles. The van der Waals surface area contributed by atoms with Crippen molar-refractivity contribution in [3.63, 3.8) is 0 Å². The van der Waals surface area contributed by atoms with E-state index in [1.165, 1.54) is 26.4 Å². The molecule has 4 aliphatic rings. The van der Waals surface area contributed by atoms with E-state index in [0.717, 1.165) is 38.0 Å². The average Bonchev–Trinajstić information content (AvgIpc) is 3.06. The van der Waals surface area contributed by atoms with Gasteiger partial charge in [0.05, 0.1) is 19.3 Å². The summed E-state index contributed by atoms with van der Waals surface area (Å²) >= 11 is 0. The van der Waals surface area contributed by atoms with Gasteiger partial charge in [-0.05, 0) is 97.2 Å². The van der Waals surface area contributed by atoms with E-state index in [1.807, 2.05) is 0 Å². The van der Waals surface area contributed by atoms with Crippen molar-refractivity contribution >= 4 is 5.97 Å². The molecular formula is C26H44O4. The van der Waals surface area contributed by atoms with Gasteiger partial charge in [-0.3, -0.25) is 4.79 Å². The molecule has 30 heavy (non-hydrogen) atoms. The fourth-order valence-corrected chi connectivity index (χ4v) is 9.02. The van der Waals surface area contributed by atoms with Crippen LogP contribution in [0.15, 0.2) is 0 Å². The molecule has 0 aromatic rings. The number of aliphatic hydroxyl groups is 2. The van der Waals surface area contributed by atoms with Gasteiger partial charge in [0.1, 0.15) is 0 Å². The van der Waals surface area contributed by atoms with Crippen LogP contribution in [0.4, 0.5) is 0 Å². The molecule has 4 fully saturated rings. The standard InChI is InChI=1S/C26H44O4/c1-15-10-11-25(3)17(12-15)13-21(27)24-19-8-7-18(16(2)6-9-23(29)30-5)26(19,4)22(28)14-20(24)25/h15-22,24,27-28H,6-14H2,1-5H3/t15-,16+,17-,18?,19?,20?,21-,22?,24+,25?,26?/m0/s1. The van der Waals surface area contributed by atoms with Crippen molar-refractivity contribution in [2.75, 3.05) is 7.11 Å². The lowest BCUT2D eigenvalue weighted by Gasteiger charge is -2.63. The van der Waals surface area contributed by atoms with E-state index >= 15 is 0 Å². The smallest absolute Gasteiger partial charge is 0.305 e. The zero-order chi connectivity index (χ0) is 21.8. The molecule has 172 valence electrons. The lowest BCUT2D eigenvalue weighted by atomic mass is 9.42. The number of methoxy groups -OCH3 is 1. The number of aliphatic hydroxyl groups excluding tert-OH is 2. The summed E-state index contributed by atoms with van der Waals surface area (Å²) in [5, 5.41) is 23.0. The lowest BCUT2D eigenvalue weighted by Crippen LogP contribution is -2.62. The maximum atomic E-state index is 11.7. The third-order valence-electron chi connectivity index (χ3n) is 10.8. The highest BCUT2D eigenvalue weighted by molar-refractivity contribution is 5.69. The Morgan fingerprint density at radius 2 is 1.83 bits per heavy atom. The van der Waals surface area contributed by atoms with Crippen LogP contribution in [0.25, 0.3) is 0 Å². The molecule has 11 atom stereocenters. The second-order valence-corrected chi connectivity index (χ2v) is 12.1. The SMILES string of the molecule is COC(=O)CC[C@@H](C)C1CCC2[C@@H]3C(CC(O)C21C)C1(C)CC[C@H](C)C[C@H]1C[C@@H]3O. The maximum Gasteiger partial charge on any atom is 0.305 e. The Hall–Kier alpha value is -0.610. The zero-order valence-corrected chi connectivity index (χ0v) is 19.8. The first-order valence-corrected chi connectivity index (χ1v) is 12.6. The minimum Gasteiger partial charge on any atom is -0.469 e. The Balaban J connectivity index is 1.58. The monoisotopic (exact) mass is 420 g/mol. The van der Waals surface area contributed by atoms with Crippen LogP contribution in [-0.2, 0) is 9.53 Å². The average molecular weight is 421 g/mol. The fourth-order valence-electron chi connectivity index (χ4n) is 9.02. The van der Waals surface area contributed by atoms with Crippen LogP contribution >= 0.6 is 0 Å². The van der Waals surface area contributed by atoms with Gasteiger partial charge in [-0.25, -0.2) is 0 Å². The summed E-state index contributed by atoms with van der Waals surface area (Å²) < 4.78 is 4.85. The molecule has 0 saturated heterocycles. The topological polar surface area (TPSA) is 66.8 Å². The molecule has 4 rings (SSSR count). The first-order valence-electron chi connectivity index (χ1n) is 12.6.